The third-order valence-electron chi connectivity index (χ3n) is 5.89. The molecule has 0 aliphatic rings. The number of rotatable bonds is 19. The predicted octanol–water partition coefficient (Wildman–Crippen LogP) is 7.53. The molecule has 1 heterocycles. The van der Waals surface area contributed by atoms with Crippen molar-refractivity contribution in [3.8, 4) is 0 Å². The number of pyridine rings is 1. The molecule has 1 rings (SSSR count). The van der Waals surface area contributed by atoms with Crippen LogP contribution >= 0.6 is 0 Å². The molecule has 1 aromatic heterocycles. The van der Waals surface area contributed by atoms with Crippen molar-refractivity contribution >= 4 is 11.9 Å². The van der Waals surface area contributed by atoms with Gasteiger partial charge in [0, 0.05) is 0 Å². The van der Waals surface area contributed by atoms with Crippen LogP contribution in [0.15, 0.2) is 18.2 Å². The standard InChI is InChI=1S/C27H45NO4/c1-4-7-9-10-11-12-13-14-15-16-21-31-26(29)24-19-17-20-25(28-24)27(30)32-22-23(6-3)18-8-5-2/h17,19-20,23H,4-16,18,21-22H2,1-3H3. The van der Waals surface area contributed by atoms with Crippen LogP contribution in [0.5, 0.6) is 0 Å². The molecular weight excluding hydrogens is 402 g/mol. The molecule has 0 aliphatic heterocycles. The molecule has 0 saturated carbocycles. The number of carbonyl (C=O) groups excluding carboxylic acids is 2. The average Bonchev–Trinajstić information content (AvgIpc) is 2.82. The van der Waals surface area contributed by atoms with Crippen molar-refractivity contribution < 1.29 is 19.1 Å². The van der Waals surface area contributed by atoms with Crippen molar-refractivity contribution in [3.05, 3.63) is 29.6 Å². The summed E-state index contributed by atoms with van der Waals surface area (Å²) in [6, 6.07) is 4.80. The summed E-state index contributed by atoms with van der Waals surface area (Å²) in [6.07, 6.45) is 16.6. The van der Waals surface area contributed by atoms with Gasteiger partial charge in [0.1, 0.15) is 11.4 Å². The monoisotopic (exact) mass is 447 g/mol. The summed E-state index contributed by atoms with van der Waals surface area (Å²) in [5.74, 6) is -0.595. The van der Waals surface area contributed by atoms with E-state index in [1.165, 1.54) is 51.4 Å². The molecule has 0 saturated heterocycles. The van der Waals surface area contributed by atoms with Crippen molar-refractivity contribution in [1.29, 1.82) is 0 Å². The number of ether oxygens (including phenoxy) is 2. The number of esters is 2. The second-order valence-electron chi connectivity index (χ2n) is 8.74. The summed E-state index contributed by atoms with van der Waals surface area (Å²) < 4.78 is 10.8. The summed E-state index contributed by atoms with van der Waals surface area (Å²) in [5, 5.41) is 0. The SMILES string of the molecule is CCCCCCCCCCCCOC(=O)c1cccc(C(=O)OCC(CC)CCCC)n1. The normalized spacial score (nSPS) is 11.8. The highest BCUT2D eigenvalue weighted by molar-refractivity contribution is 5.91. The van der Waals surface area contributed by atoms with E-state index >= 15 is 0 Å². The fourth-order valence-electron chi connectivity index (χ4n) is 3.66. The molecule has 0 amide bonds. The van der Waals surface area contributed by atoms with Crippen LogP contribution in [-0.4, -0.2) is 30.1 Å². The van der Waals surface area contributed by atoms with E-state index in [9.17, 15) is 9.59 Å². The van der Waals surface area contributed by atoms with Crippen molar-refractivity contribution in [2.24, 2.45) is 5.92 Å². The molecule has 0 radical (unpaired) electrons. The first kappa shape index (κ1) is 28.1. The molecule has 0 N–H and O–H groups in total. The number of hydrogen-bond donors (Lipinski definition) is 0. The van der Waals surface area contributed by atoms with Gasteiger partial charge in [0.15, 0.2) is 0 Å². The number of carbonyl (C=O) groups is 2. The van der Waals surface area contributed by atoms with Gasteiger partial charge in [-0.15, -0.1) is 0 Å². The summed E-state index contributed by atoms with van der Waals surface area (Å²) in [4.78, 5) is 28.8. The van der Waals surface area contributed by atoms with Gasteiger partial charge >= 0.3 is 11.9 Å². The maximum absolute atomic E-state index is 12.3. The van der Waals surface area contributed by atoms with Crippen molar-refractivity contribution in [2.75, 3.05) is 13.2 Å². The quantitative estimate of drug-likeness (QED) is 0.162. The molecule has 1 unspecified atom stereocenters. The molecule has 32 heavy (non-hydrogen) atoms. The number of hydrogen-bond acceptors (Lipinski definition) is 5. The second kappa shape index (κ2) is 18.6. The topological polar surface area (TPSA) is 65.5 Å². The number of aromatic nitrogens is 1. The Bertz CT molecular complexity index is 632. The molecule has 182 valence electrons. The first-order chi connectivity index (χ1) is 15.6. The van der Waals surface area contributed by atoms with Crippen LogP contribution in [0.3, 0.4) is 0 Å². The molecule has 0 aliphatic carbocycles. The lowest BCUT2D eigenvalue weighted by Crippen LogP contribution is -2.16. The van der Waals surface area contributed by atoms with Gasteiger partial charge in [-0.2, -0.15) is 0 Å². The largest absolute Gasteiger partial charge is 0.461 e. The zero-order valence-electron chi connectivity index (χ0n) is 20.7. The minimum Gasteiger partial charge on any atom is -0.461 e. The highest BCUT2D eigenvalue weighted by atomic mass is 16.5. The lowest BCUT2D eigenvalue weighted by atomic mass is 10.0. The Morgan fingerprint density at radius 2 is 1.28 bits per heavy atom. The van der Waals surface area contributed by atoms with E-state index in [1.54, 1.807) is 18.2 Å². The lowest BCUT2D eigenvalue weighted by Gasteiger charge is -2.14. The van der Waals surface area contributed by atoms with Crippen LogP contribution in [0.4, 0.5) is 0 Å². The minimum absolute atomic E-state index is 0.156. The first-order valence-electron chi connectivity index (χ1n) is 12.9. The third-order valence-corrected chi connectivity index (χ3v) is 5.89. The first-order valence-corrected chi connectivity index (χ1v) is 12.9. The van der Waals surface area contributed by atoms with Gasteiger partial charge in [-0.1, -0.05) is 104 Å². The van der Waals surface area contributed by atoms with Gasteiger partial charge in [-0.3, -0.25) is 0 Å². The van der Waals surface area contributed by atoms with E-state index in [1.807, 2.05) is 0 Å². The summed E-state index contributed by atoms with van der Waals surface area (Å²) >= 11 is 0. The van der Waals surface area contributed by atoms with Gasteiger partial charge in [-0.05, 0) is 30.9 Å². The third kappa shape index (κ3) is 12.8. The molecule has 0 bridgehead atoms. The maximum Gasteiger partial charge on any atom is 0.356 e. The number of nitrogens with zero attached hydrogens (tertiary/aromatic N) is 1. The Hall–Kier alpha value is -1.91. The zero-order chi connectivity index (χ0) is 23.4. The van der Waals surface area contributed by atoms with Crippen LogP contribution in [0.25, 0.3) is 0 Å². The van der Waals surface area contributed by atoms with Crippen LogP contribution in [0.2, 0.25) is 0 Å². The van der Waals surface area contributed by atoms with Crippen LogP contribution in [-0.2, 0) is 9.47 Å². The predicted molar refractivity (Wildman–Crippen MR) is 130 cm³/mol. The highest BCUT2D eigenvalue weighted by Crippen LogP contribution is 2.14. The van der Waals surface area contributed by atoms with E-state index in [-0.39, 0.29) is 11.4 Å². The van der Waals surface area contributed by atoms with E-state index in [0.717, 1.165) is 38.5 Å². The van der Waals surface area contributed by atoms with Crippen molar-refractivity contribution in [2.45, 2.75) is 111 Å². The fraction of sp³-hybridized carbons (Fsp3) is 0.741. The Balaban J connectivity index is 2.26. The molecule has 1 atom stereocenters. The highest BCUT2D eigenvalue weighted by Gasteiger charge is 2.16. The second-order valence-corrected chi connectivity index (χ2v) is 8.74. The van der Waals surface area contributed by atoms with Gasteiger partial charge in [0.25, 0.3) is 0 Å². The smallest absolute Gasteiger partial charge is 0.356 e. The molecule has 5 nitrogen and oxygen atoms in total. The zero-order valence-corrected chi connectivity index (χ0v) is 20.7. The van der Waals surface area contributed by atoms with Gasteiger partial charge in [-0.25, -0.2) is 14.6 Å². The van der Waals surface area contributed by atoms with E-state index < -0.39 is 11.9 Å². The molecular formula is C27H45NO4. The van der Waals surface area contributed by atoms with Crippen LogP contribution in [0, 0.1) is 5.92 Å². The van der Waals surface area contributed by atoms with Gasteiger partial charge in [0.2, 0.25) is 0 Å². The Kier molecular flexibility index (Phi) is 16.4. The molecule has 0 aromatic carbocycles. The van der Waals surface area contributed by atoms with Crippen molar-refractivity contribution in [3.63, 3.8) is 0 Å². The molecule has 1 aromatic rings. The van der Waals surface area contributed by atoms with Crippen LogP contribution < -0.4 is 0 Å². The number of unbranched alkanes of at least 4 members (excludes halogenated alkanes) is 10. The Labute approximate surface area is 195 Å². The van der Waals surface area contributed by atoms with Crippen molar-refractivity contribution in [1.82, 2.24) is 4.98 Å². The summed E-state index contributed by atoms with van der Waals surface area (Å²) in [5.41, 5.74) is 0.313. The minimum atomic E-state index is -0.482. The molecule has 5 heteroatoms. The fourth-order valence-corrected chi connectivity index (χ4v) is 3.66. The Morgan fingerprint density at radius 1 is 0.750 bits per heavy atom. The summed E-state index contributed by atoms with van der Waals surface area (Å²) in [6.45, 7) is 7.29. The lowest BCUT2D eigenvalue weighted by molar-refractivity contribution is 0.0420. The maximum atomic E-state index is 12.3. The van der Waals surface area contributed by atoms with Gasteiger partial charge < -0.3 is 9.47 Å². The summed E-state index contributed by atoms with van der Waals surface area (Å²) in [7, 11) is 0. The Morgan fingerprint density at radius 3 is 1.84 bits per heavy atom. The van der Waals surface area contributed by atoms with E-state index in [0.29, 0.717) is 19.1 Å². The van der Waals surface area contributed by atoms with E-state index in [2.05, 4.69) is 25.8 Å². The average molecular weight is 448 g/mol. The van der Waals surface area contributed by atoms with Crippen LogP contribution in [0.1, 0.15) is 132 Å². The van der Waals surface area contributed by atoms with Gasteiger partial charge in [0.05, 0.1) is 13.2 Å². The molecule has 0 spiro atoms. The van der Waals surface area contributed by atoms with E-state index in [4.69, 9.17) is 9.47 Å². The molecule has 0 fully saturated rings.